The summed E-state index contributed by atoms with van der Waals surface area (Å²) in [6, 6.07) is 8.90. The first-order chi connectivity index (χ1) is 12.3. The minimum atomic E-state index is -3.66. The summed E-state index contributed by atoms with van der Waals surface area (Å²) in [5, 5.41) is 6.61. The number of amides is 1. The van der Waals surface area contributed by atoms with Gasteiger partial charge < -0.3 is 5.32 Å². The number of anilines is 1. The number of aromatic nitrogens is 2. The maximum atomic E-state index is 12.3. The molecule has 1 aromatic carbocycles. The quantitative estimate of drug-likeness (QED) is 0.671. The molecule has 0 radical (unpaired) electrons. The molecule has 8 nitrogen and oxygen atoms in total. The number of carbonyl (C=O) groups excluding carboxylic acids is 1. The van der Waals surface area contributed by atoms with Crippen molar-refractivity contribution in [1.82, 2.24) is 14.5 Å². The summed E-state index contributed by atoms with van der Waals surface area (Å²) in [5.74, 6) is -0.296. The number of hydrogen-bond donors (Lipinski definition) is 2. The lowest BCUT2D eigenvalue weighted by Gasteiger charge is -2.10. The van der Waals surface area contributed by atoms with Gasteiger partial charge in [-0.25, -0.2) is 17.8 Å². The molecule has 0 aliphatic rings. The second-order valence-electron chi connectivity index (χ2n) is 6.00. The molecule has 2 rings (SSSR count). The minimum Gasteiger partial charge on any atom is -0.326 e. The van der Waals surface area contributed by atoms with Crippen LogP contribution < -0.4 is 15.6 Å². The number of rotatable bonds is 8. The number of nitrogens with one attached hydrogen (secondary N) is 2. The van der Waals surface area contributed by atoms with Crippen LogP contribution in [0.15, 0.2) is 52.3 Å². The SMILES string of the molecule is CC(C)C(=O)Nc1ccc(S(=O)(=O)NCCCn2ncccc2=O)cc1. The Bertz CT molecular complexity index is 905. The standard InChI is InChI=1S/C17H22N4O4S/c1-13(2)17(23)20-14-6-8-15(9-7-14)26(24,25)19-11-4-12-21-16(22)5-3-10-18-21/h3,5-10,13,19H,4,11-12H2,1-2H3,(H,20,23). The van der Waals surface area contributed by atoms with Gasteiger partial charge in [0.05, 0.1) is 4.90 Å². The van der Waals surface area contributed by atoms with E-state index in [4.69, 9.17) is 0 Å². The Morgan fingerprint density at radius 1 is 1.19 bits per heavy atom. The summed E-state index contributed by atoms with van der Waals surface area (Å²) >= 11 is 0. The molecule has 0 spiro atoms. The molecule has 26 heavy (non-hydrogen) atoms. The number of sulfonamides is 1. The zero-order valence-electron chi connectivity index (χ0n) is 14.7. The third-order valence-corrected chi connectivity index (χ3v) is 5.06. The molecule has 0 atom stereocenters. The number of aryl methyl sites for hydroxylation is 1. The molecule has 1 aromatic heterocycles. The predicted octanol–water partition coefficient (Wildman–Crippen LogP) is 1.21. The zero-order valence-corrected chi connectivity index (χ0v) is 15.5. The lowest BCUT2D eigenvalue weighted by atomic mass is 10.2. The van der Waals surface area contributed by atoms with Crippen molar-refractivity contribution in [2.24, 2.45) is 5.92 Å². The van der Waals surface area contributed by atoms with E-state index in [1.807, 2.05) is 0 Å². The molecule has 0 aliphatic heterocycles. The van der Waals surface area contributed by atoms with E-state index in [1.54, 1.807) is 32.0 Å². The summed E-state index contributed by atoms with van der Waals surface area (Å²) in [6.45, 7) is 4.05. The number of hydrogen-bond acceptors (Lipinski definition) is 5. The van der Waals surface area contributed by atoms with E-state index >= 15 is 0 Å². The van der Waals surface area contributed by atoms with Crippen LogP contribution in [0.4, 0.5) is 5.69 Å². The molecule has 1 amide bonds. The number of nitrogens with zero attached hydrogens (tertiary/aromatic N) is 2. The van der Waals surface area contributed by atoms with Gasteiger partial charge in [-0.2, -0.15) is 5.10 Å². The van der Waals surface area contributed by atoms with E-state index in [2.05, 4.69) is 15.1 Å². The third-order valence-electron chi connectivity index (χ3n) is 3.58. The van der Waals surface area contributed by atoms with Crippen molar-refractivity contribution in [1.29, 1.82) is 0 Å². The summed E-state index contributed by atoms with van der Waals surface area (Å²) in [5.41, 5.74) is 0.312. The molecule has 1 heterocycles. The highest BCUT2D eigenvalue weighted by molar-refractivity contribution is 7.89. The topological polar surface area (TPSA) is 110 Å². The van der Waals surface area contributed by atoms with Crippen LogP contribution in [-0.2, 0) is 21.4 Å². The predicted molar refractivity (Wildman–Crippen MR) is 98.2 cm³/mol. The van der Waals surface area contributed by atoms with Crippen LogP contribution in [0.5, 0.6) is 0 Å². The van der Waals surface area contributed by atoms with Crippen molar-refractivity contribution in [3.63, 3.8) is 0 Å². The van der Waals surface area contributed by atoms with Crippen molar-refractivity contribution < 1.29 is 13.2 Å². The first-order valence-electron chi connectivity index (χ1n) is 8.22. The van der Waals surface area contributed by atoms with Crippen molar-refractivity contribution >= 4 is 21.6 Å². The van der Waals surface area contributed by atoms with Gasteiger partial charge in [-0.05, 0) is 36.8 Å². The van der Waals surface area contributed by atoms with Gasteiger partial charge in [0.15, 0.2) is 0 Å². The first-order valence-corrected chi connectivity index (χ1v) is 9.70. The van der Waals surface area contributed by atoms with Crippen LogP contribution in [-0.4, -0.2) is 30.7 Å². The van der Waals surface area contributed by atoms with Gasteiger partial charge in [-0.3, -0.25) is 9.59 Å². The second-order valence-corrected chi connectivity index (χ2v) is 7.77. The van der Waals surface area contributed by atoms with Crippen molar-refractivity contribution in [2.75, 3.05) is 11.9 Å². The lowest BCUT2D eigenvalue weighted by molar-refractivity contribution is -0.118. The van der Waals surface area contributed by atoms with Crippen molar-refractivity contribution in [2.45, 2.75) is 31.7 Å². The zero-order chi connectivity index (χ0) is 19.2. The molecule has 2 N–H and O–H groups in total. The molecule has 0 aliphatic carbocycles. The van der Waals surface area contributed by atoms with Gasteiger partial charge >= 0.3 is 0 Å². The highest BCUT2D eigenvalue weighted by atomic mass is 32.2. The minimum absolute atomic E-state index is 0.107. The normalized spacial score (nSPS) is 11.5. The first kappa shape index (κ1) is 19.8. The second kappa shape index (κ2) is 8.72. The average Bonchev–Trinajstić information content (AvgIpc) is 2.60. The van der Waals surface area contributed by atoms with E-state index < -0.39 is 10.0 Å². The summed E-state index contributed by atoms with van der Waals surface area (Å²) in [7, 11) is -3.66. The molecule has 0 fully saturated rings. The van der Waals surface area contributed by atoms with Gasteiger partial charge in [0.1, 0.15) is 0 Å². The van der Waals surface area contributed by atoms with Gasteiger partial charge in [0, 0.05) is 37.0 Å². The molecular formula is C17H22N4O4S. The number of benzene rings is 1. The molecule has 0 saturated carbocycles. The van der Waals surface area contributed by atoms with Gasteiger partial charge in [-0.1, -0.05) is 13.8 Å². The Morgan fingerprint density at radius 2 is 1.88 bits per heavy atom. The molecule has 140 valence electrons. The average molecular weight is 378 g/mol. The molecule has 2 aromatic rings. The Kier molecular flexibility index (Phi) is 6.64. The van der Waals surface area contributed by atoms with Crippen molar-refractivity contribution in [3.8, 4) is 0 Å². The Balaban J connectivity index is 1.90. The van der Waals surface area contributed by atoms with Crippen LogP contribution in [0, 0.1) is 5.92 Å². The highest BCUT2D eigenvalue weighted by Gasteiger charge is 2.14. The van der Waals surface area contributed by atoms with E-state index in [0.29, 0.717) is 18.7 Å². The number of carbonyl (C=O) groups is 1. The van der Waals surface area contributed by atoms with Crippen LogP contribution in [0.2, 0.25) is 0 Å². The van der Waals surface area contributed by atoms with E-state index in [1.165, 1.54) is 29.1 Å². The van der Waals surface area contributed by atoms with Gasteiger partial charge in [0.2, 0.25) is 15.9 Å². The lowest BCUT2D eigenvalue weighted by Crippen LogP contribution is -2.28. The molecule has 0 unspecified atom stereocenters. The van der Waals surface area contributed by atoms with E-state index in [0.717, 1.165) is 0 Å². The van der Waals surface area contributed by atoms with E-state index in [-0.39, 0.29) is 28.8 Å². The van der Waals surface area contributed by atoms with Crippen LogP contribution in [0.25, 0.3) is 0 Å². The van der Waals surface area contributed by atoms with Crippen LogP contribution in [0.3, 0.4) is 0 Å². The van der Waals surface area contributed by atoms with E-state index in [9.17, 15) is 18.0 Å². The van der Waals surface area contributed by atoms with Gasteiger partial charge in [0.25, 0.3) is 5.56 Å². The molecule has 0 saturated heterocycles. The maximum absolute atomic E-state index is 12.3. The largest absolute Gasteiger partial charge is 0.326 e. The summed E-state index contributed by atoms with van der Waals surface area (Å²) < 4.78 is 28.3. The highest BCUT2D eigenvalue weighted by Crippen LogP contribution is 2.14. The molecule has 0 bridgehead atoms. The summed E-state index contributed by atoms with van der Waals surface area (Å²) in [4.78, 5) is 23.3. The molecular weight excluding hydrogens is 356 g/mol. The fourth-order valence-electron chi connectivity index (χ4n) is 2.08. The summed E-state index contributed by atoms with van der Waals surface area (Å²) in [6.07, 6.45) is 1.93. The van der Waals surface area contributed by atoms with Gasteiger partial charge in [-0.15, -0.1) is 0 Å². The van der Waals surface area contributed by atoms with Crippen LogP contribution >= 0.6 is 0 Å². The smallest absolute Gasteiger partial charge is 0.266 e. The van der Waals surface area contributed by atoms with Crippen LogP contribution in [0.1, 0.15) is 20.3 Å². The third kappa shape index (κ3) is 5.50. The maximum Gasteiger partial charge on any atom is 0.266 e. The fraction of sp³-hybridized carbons (Fsp3) is 0.353. The van der Waals surface area contributed by atoms with Crippen molar-refractivity contribution in [3.05, 3.63) is 52.9 Å². The monoisotopic (exact) mass is 378 g/mol. The Hall–Kier alpha value is -2.52. The fourth-order valence-corrected chi connectivity index (χ4v) is 3.15. The molecule has 9 heteroatoms. The Labute approximate surface area is 152 Å². The Morgan fingerprint density at radius 3 is 2.50 bits per heavy atom.